The molecule has 0 aliphatic heterocycles. The maximum absolute atomic E-state index is 12.0. The minimum Gasteiger partial charge on any atom is -0.497 e. The second-order valence-corrected chi connectivity index (χ2v) is 5.19. The predicted octanol–water partition coefficient (Wildman–Crippen LogP) is 4.40. The van der Waals surface area contributed by atoms with Crippen LogP contribution in [-0.2, 0) is 4.79 Å². The van der Waals surface area contributed by atoms with Crippen molar-refractivity contribution in [2.45, 2.75) is 6.92 Å². The van der Waals surface area contributed by atoms with Crippen molar-refractivity contribution < 1.29 is 19.0 Å². The first-order valence-corrected chi connectivity index (χ1v) is 8.01. The highest BCUT2D eigenvalue weighted by atomic mass is 16.5. The molecule has 0 amide bonds. The summed E-state index contributed by atoms with van der Waals surface area (Å²) in [5.74, 6) is 1.98. The molecule has 25 heavy (non-hydrogen) atoms. The van der Waals surface area contributed by atoms with Crippen molar-refractivity contribution in [3.05, 3.63) is 65.7 Å². The van der Waals surface area contributed by atoms with Gasteiger partial charge in [-0.1, -0.05) is 30.4 Å². The smallest absolute Gasteiger partial charge is 0.178 e. The largest absolute Gasteiger partial charge is 0.497 e. The van der Waals surface area contributed by atoms with E-state index in [0.29, 0.717) is 18.1 Å². The van der Waals surface area contributed by atoms with Gasteiger partial charge in [-0.25, -0.2) is 0 Å². The molecule has 0 N–H and O–H groups in total. The Labute approximate surface area is 148 Å². The molecule has 0 unspecified atom stereocenters. The Morgan fingerprint density at radius 3 is 2.28 bits per heavy atom. The highest BCUT2D eigenvalue weighted by molar-refractivity contribution is 6.04. The summed E-state index contributed by atoms with van der Waals surface area (Å²) in [4.78, 5) is 12.0. The van der Waals surface area contributed by atoms with Crippen molar-refractivity contribution in [3.63, 3.8) is 0 Å². The number of hydrogen-bond acceptors (Lipinski definition) is 4. The van der Waals surface area contributed by atoms with E-state index in [2.05, 4.69) is 0 Å². The highest BCUT2D eigenvalue weighted by Crippen LogP contribution is 2.28. The highest BCUT2D eigenvalue weighted by Gasteiger charge is 2.04. The van der Waals surface area contributed by atoms with Gasteiger partial charge < -0.3 is 14.2 Å². The lowest BCUT2D eigenvalue weighted by Gasteiger charge is -2.09. The summed E-state index contributed by atoms with van der Waals surface area (Å²) in [6.45, 7) is 2.46. The Morgan fingerprint density at radius 1 is 0.920 bits per heavy atom. The number of hydrogen-bond donors (Lipinski definition) is 0. The van der Waals surface area contributed by atoms with E-state index in [4.69, 9.17) is 14.2 Å². The number of methoxy groups -OCH3 is 2. The average Bonchev–Trinajstić information content (AvgIpc) is 2.65. The Hall–Kier alpha value is -3.01. The molecule has 0 bridgehead atoms. The van der Waals surface area contributed by atoms with E-state index in [0.717, 1.165) is 16.9 Å². The van der Waals surface area contributed by atoms with Crippen LogP contribution in [0.25, 0.3) is 12.2 Å². The molecular weight excluding hydrogens is 316 g/mol. The lowest BCUT2D eigenvalue weighted by Crippen LogP contribution is -1.95. The Morgan fingerprint density at radius 2 is 1.64 bits per heavy atom. The first-order valence-electron chi connectivity index (χ1n) is 8.01. The van der Waals surface area contributed by atoms with Crippen molar-refractivity contribution in [2.24, 2.45) is 0 Å². The van der Waals surface area contributed by atoms with Gasteiger partial charge in [-0.15, -0.1) is 0 Å². The number of ketones is 1. The summed E-state index contributed by atoms with van der Waals surface area (Å²) in [6, 6.07) is 13.1. The van der Waals surface area contributed by atoms with Crippen LogP contribution in [0.5, 0.6) is 17.2 Å². The fraction of sp³-hybridized carbons (Fsp3) is 0.190. The van der Waals surface area contributed by atoms with Gasteiger partial charge in [-0.3, -0.25) is 4.79 Å². The van der Waals surface area contributed by atoms with Gasteiger partial charge in [0.05, 0.1) is 20.8 Å². The third-order valence-corrected chi connectivity index (χ3v) is 3.46. The number of carbonyl (C=O) groups is 1. The zero-order valence-corrected chi connectivity index (χ0v) is 14.7. The second-order valence-electron chi connectivity index (χ2n) is 5.19. The number of benzene rings is 2. The summed E-state index contributed by atoms with van der Waals surface area (Å²) in [6.07, 6.45) is 6.56. The van der Waals surface area contributed by atoms with Crippen molar-refractivity contribution in [3.8, 4) is 17.2 Å². The summed E-state index contributed by atoms with van der Waals surface area (Å²) >= 11 is 0. The average molecular weight is 338 g/mol. The first kappa shape index (κ1) is 18.3. The number of rotatable bonds is 8. The van der Waals surface area contributed by atoms with Crippen molar-refractivity contribution in [1.29, 1.82) is 0 Å². The molecule has 4 heteroatoms. The zero-order valence-electron chi connectivity index (χ0n) is 14.7. The lowest BCUT2D eigenvalue weighted by atomic mass is 10.1. The minimum atomic E-state index is -0.100. The SMILES string of the molecule is CCOc1cc(C=CC(=O)C=Cc2cccc(OC)c2)ccc1OC. The van der Waals surface area contributed by atoms with Gasteiger partial charge in [0, 0.05) is 0 Å². The molecule has 2 rings (SSSR count). The van der Waals surface area contributed by atoms with E-state index in [1.807, 2.05) is 49.4 Å². The molecule has 0 radical (unpaired) electrons. The molecule has 0 aromatic heterocycles. The van der Waals surface area contributed by atoms with Crippen molar-refractivity contribution >= 4 is 17.9 Å². The van der Waals surface area contributed by atoms with E-state index in [1.165, 1.54) is 12.2 Å². The molecule has 0 fully saturated rings. The van der Waals surface area contributed by atoms with Gasteiger partial charge in [0.1, 0.15) is 5.75 Å². The monoisotopic (exact) mass is 338 g/mol. The van der Waals surface area contributed by atoms with Crippen LogP contribution >= 0.6 is 0 Å². The van der Waals surface area contributed by atoms with Gasteiger partial charge in [-0.2, -0.15) is 0 Å². The molecule has 130 valence electrons. The van der Waals surface area contributed by atoms with E-state index < -0.39 is 0 Å². The molecule has 0 saturated heterocycles. The molecule has 2 aromatic rings. The topological polar surface area (TPSA) is 44.8 Å². The molecule has 0 spiro atoms. The van der Waals surface area contributed by atoms with E-state index in [9.17, 15) is 4.79 Å². The summed E-state index contributed by atoms with van der Waals surface area (Å²) in [5.41, 5.74) is 1.77. The molecule has 2 aromatic carbocycles. The minimum absolute atomic E-state index is 0.100. The first-order chi connectivity index (χ1) is 12.2. The van der Waals surface area contributed by atoms with Gasteiger partial charge in [0.2, 0.25) is 0 Å². The number of allylic oxidation sites excluding steroid dienone is 2. The Kier molecular flexibility index (Phi) is 6.84. The molecular formula is C21H22O4. The Balaban J connectivity index is 2.06. The normalized spacial score (nSPS) is 11.0. The van der Waals surface area contributed by atoms with E-state index in [-0.39, 0.29) is 5.78 Å². The van der Waals surface area contributed by atoms with Crippen molar-refractivity contribution in [2.75, 3.05) is 20.8 Å². The van der Waals surface area contributed by atoms with Crippen LogP contribution in [0.4, 0.5) is 0 Å². The maximum atomic E-state index is 12.0. The number of ether oxygens (including phenoxy) is 3. The Bertz CT molecular complexity index is 775. The van der Waals surface area contributed by atoms with Gasteiger partial charge in [0.15, 0.2) is 17.3 Å². The van der Waals surface area contributed by atoms with Crippen LogP contribution in [-0.4, -0.2) is 26.6 Å². The fourth-order valence-electron chi connectivity index (χ4n) is 2.22. The quantitative estimate of drug-likeness (QED) is 0.669. The number of carbonyl (C=O) groups excluding carboxylic acids is 1. The van der Waals surface area contributed by atoms with Crippen LogP contribution in [0, 0.1) is 0 Å². The molecule has 0 aliphatic carbocycles. The van der Waals surface area contributed by atoms with Gasteiger partial charge >= 0.3 is 0 Å². The van der Waals surface area contributed by atoms with Crippen LogP contribution < -0.4 is 14.2 Å². The second kappa shape index (κ2) is 9.33. The van der Waals surface area contributed by atoms with Crippen molar-refractivity contribution in [1.82, 2.24) is 0 Å². The van der Waals surface area contributed by atoms with Crippen LogP contribution in [0.15, 0.2) is 54.6 Å². The maximum Gasteiger partial charge on any atom is 0.178 e. The van der Waals surface area contributed by atoms with Crippen LogP contribution in [0.3, 0.4) is 0 Å². The molecule has 4 nitrogen and oxygen atoms in total. The fourth-order valence-corrected chi connectivity index (χ4v) is 2.22. The lowest BCUT2D eigenvalue weighted by molar-refractivity contribution is -0.110. The van der Waals surface area contributed by atoms with Crippen LogP contribution in [0.2, 0.25) is 0 Å². The molecule has 0 saturated carbocycles. The van der Waals surface area contributed by atoms with E-state index >= 15 is 0 Å². The molecule has 0 aliphatic rings. The van der Waals surface area contributed by atoms with Crippen LogP contribution in [0.1, 0.15) is 18.1 Å². The zero-order chi connectivity index (χ0) is 18.1. The third kappa shape index (κ3) is 5.53. The molecule has 0 atom stereocenters. The molecule has 0 heterocycles. The standard InChI is InChI=1S/C21H22O4/c1-4-25-21-15-17(10-13-20(21)24-3)9-12-18(22)11-8-16-6-5-7-19(14-16)23-2/h5-15H,4H2,1-3H3. The predicted molar refractivity (Wildman–Crippen MR) is 100 cm³/mol. The summed E-state index contributed by atoms with van der Waals surface area (Å²) in [5, 5.41) is 0. The third-order valence-electron chi connectivity index (χ3n) is 3.46. The van der Waals surface area contributed by atoms with Gasteiger partial charge in [0.25, 0.3) is 0 Å². The summed E-state index contributed by atoms with van der Waals surface area (Å²) in [7, 11) is 3.21. The van der Waals surface area contributed by atoms with Gasteiger partial charge in [-0.05, 0) is 54.5 Å². The summed E-state index contributed by atoms with van der Waals surface area (Å²) < 4.78 is 15.9. The van der Waals surface area contributed by atoms with E-state index in [1.54, 1.807) is 26.4 Å².